The molecule has 1 saturated carbocycles. The highest BCUT2D eigenvalue weighted by atomic mass is 19.4. The van der Waals surface area contributed by atoms with Crippen LogP contribution < -0.4 is 10.6 Å². The van der Waals surface area contributed by atoms with Crippen LogP contribution in [-0.2, 0) is 15.7 Å². The summed E-state index contributed by atoms with van der Waals surface area (Å²) in [6.07, 6.45) is -1.35. The third-order valence-electron chi connectivity index (χ3n) is 4.62. The second kappa shape index (κ2) is 6.95. The van der Waals surface area contributed by atoms with Gasteiger partial charge in [-0.3, -0.25) is 4.79 Å². The van der Waals surface area contributed by atoms with Crippen molar-refractivity contribution in [1.29, 1.82) is 0 Å². The number of nitrogens with one attached hydrogen (secondary N) is 2. The first kappa shape index (κ1) is 18.5. The van der Waals surface area contributed by atoms with Gasteiger partial charge in [-0.2, -0.15) is 23.3 Å². The van der Waals surface area contributed by atoms with Gasteiger partial charge in [0.2, 0.25) is 5.95 Å². The first-order valence-electron chi connectivity index (χ1n) is 9.08. The maximum atomic E-state index is 13.1. The molecule has 2 aromatic heterocycles. The summed E-state index contributed by atoms with van der Waals surface area (Å²) in [6, 6.07) is 1.90. The molecule has 1 saturated heterocycles. The highest BCUT2D eigenvalue weighted by Gasteiger charge is 2.36. The molecule has 0 spiro atoms. The van der Waals surface area contributed by atoms with Crippen molar-refractivity contribution >= 4 is 23.6 Å². The van der Waals surface area contributed by atoms with Crippen molar-refractivity contribution in [2.45, 2.75) is 44.3 Å². The van der Waals surface area contributed by atoms with Gasteiger partial charge in [0.1, 0.15) is 23.1 Å². The highest BCUT2D eigenvalue weighted by Crippen LogP contribution is 2.40. The number of hydrogen-bond acceptors (Lipinski definition) is 7. The zero-order valence-electron chi connectivity index (χ0n) is 15.1. The number of hydrogen-bond donors (Lipinski definition) is 2. The van der Waals surface area contributed by atoms with Gasteiger partial charge >= 0.3 is 12.1 Å². The van der Waals surface area contributed by atoms with E-state index < -0.39 is 17.7 Å². The van der Waals surface area contributed by atoms with Crippen LogP contribution in [0.2, 0.25) is 0 Å². The topological polar surface area (TPSA) is 94.0 Å². The fourth-order valence-corrected chi connectivity index (χ4v) is 3.11. The zero-order chi connectivity index (χ0) is 19.9. The molecule has 11 heteroatoms. The van der Waals surface area contributed by atoms with E-state index in [1.807, 2.05) is 0 Å². The van der Waals surface area contributed by atoms with Crippen LogP contribution in [0, 0.1) is 0 Å². The van der Waals surface area contributed by atoms with E-state index in [1.165, 1.54) is 0 Å². The number of rotatable bonds is 6. The number of nitrogens with zero attached hydrogens (tertiary/aromatic N) is 4. The van der Waals surface area contributed by atoms with Crippen LogP contribution in [0.4, 0.5) is 30.8 Å². The Morgan fingerprint density at radius 2 is 2.11 bits per heavy atom. The van der Waals surface area contributed by atoms with E-state index in [1.54, 1.807) is 17.7 Å². The molecule has 2 aromatic rings. The minimum absolute atomic E-state index is 0.0197. The summed E-state index contributed by atoms with van der Waals surface area (Å²) < 4.78 is 46.1. The summed E-state index contributed by atoms with van der Waals surface area (Å²) in [4.78, 5) is 19.6. The van der Waals surface area contributed by atoms with E-state index in [0.717, 1.165) is 19.0 Å². The molecule has 1 aliphatic carbocycles. The van der Waals surface area contributed by atoms with Gasteiger partial charge in [0.15, 0.2) is 0 Å². The molecule has 150 valence electrons. The molecule has 0 aromatic carbocycles. The molecule has 0 radical (unpaired) electrons. The summed E-state index contributed by atoms with van der Waals surface area (Å²) in [7, 11) is 0. The zero-order valence-corrected chi connectivity index (χ0v) is 15.1. The number of anilines is 3. The van der Waals surface area contributed by atoms with Gasteiger partial charge in [-0.15, -0.1) is 0 Å². The Morgan fingerprint density at radius 1 is 1.32 bits per heavy atom. The van der Waals surface area contributed by atoms with Crippen LogP contribution in [0.15, 0.2) is 12.3 Å². The summed E-state index contributed by atoms with van der Waals surface area (Å²) in [6.45, 7) is 2.33. The van der Waals surface area contributed by atoms with Crippen LogP contribution >= 0.6 is 0 Å². The predicted molar refractivity (Wildman–Crippen MR) is 93.3 cm³/mol. The van der Waals surface area contributed by atoms with E-state index in [4.69, 9.17) is 4.74 Å². The number of alkyl halides is 3. The van der Waals surface area contributed by atoms with E-state index in [-0.39, 0.29) is 30.3 Å². The van der Waals surface area contributed by atoms with Crippen molar-refractivity contribution in [2.24, 2.45) is 0 Å². The van der Waals surface area contributed by atoms with Crippen molar-refractivity contribution in [2.75, 3.05) is 23.8 Å². The van der Waals surface area contributed by atoms with Crippen molar-refractivity contribution in [3.63, 3.8) is 0 Å². The van der Waals surface area contributed by atoms with Gasteiger partial charge in [0.05, 0.1) is 18.3 Å². The smallest absolute Gasteiger partial charge is 0.421 e. The fourth-order valence-electron chi connectivity index (χ4n) is 3.11. The molecule has 4 rings (SSSR count). The first-order valence-corrected chi connectivity index (χ1v) is 9.08. The molecular weight excluding hydrogens is 377 g/mol. The molecule has 0 bridgehead atoms. The Hall–Kier alpha value is -2.85. The number of esters is 1. The second-order valence-corrected chi connectivity index (χ2v) is 6.75. The third-order valence-corrected chi connectivity index (χ3v) is 4.62. The normalized spacial score (nSPS) is 19.6. The van der Waals surface area contributed by atoms with Crippen molar-refractivity contribution in [3.8, 4) is 0 Å². The number of carbonyl (C=O) groups is 1. The number of cyclic esters (lactones) is 1. The lowest BCUT2D eigenvalue weighted by Gasteiger charge is -2.14. The quantitative estimate of drug-likeness (QED) is 0.724. The Bertz CT molecular complexity index is 894. The summed E-state index contributed by atoms with van der Waals surface area (Å²) >= 11 is 0. The Labute approximate surface area is 158 Å². The predicted octanol–water partition coefficient (Wildman–Crippen LogP) is 3.23. The molecule has 2 aliphatic rings. The van der Waals surface area contributed by atoms with Crippen LogP contribution in [0.5, 0.6) is 0 Å². The van der Waals surface area contributed by atoms with E-state index in [2.05, 4.69) is 25.7 Å². The largest absolute Gasteiger partial charge is 0.465 e. The van der Waals surface area contributed by atoms with Crippen molar-refractivity contribution in [1.82, 2.24) is 19.7 Å². The minimum atomic E-state index is -4.55. The Kier molecular flexibility index (Phi) is 4.60. The monoisotopic (exact) mass is 396 g/mol. The van der Waals surface area contributed by atoms with Gasteiger partial charge in [-0.1, -0.05) is 0 Å². The SMILES string of the molecule is CCNc1nc(Nc2cc(C3CCOC3=O)nn2C2CC2)ncc1C(F)(F)F. The summed E-state index contributed by atoms with van der Waals surface area (Å²) in [5.74, 6) is -0.464. The van der Waals surface area contributed by atoms with Crippen LogP contribution in [0.25, 0.3) is 0 Å². The van der Waals surface area contributed by atoms with E-state index in [9.17, 15) is 18.0 Å². The van der Waals surface area contributed by atoms with Gasteiger partial charge in [-0.05, 0) is 19.8 Å². The molecule has 0 amide bonds. The standard InChI is InChI=1S/C17H19F3N6O2/c1-2-21-14-11(17(18,19)20)8-22-16(24-14)23-13-7-12(10-5-6-28-15(10)27)25-26(13)9-3-4-9/h7-10H,2-6H2,1H3,(H2,21,22,23,24). The van der Waals surface area contributed by atoms with Gasteiger partial charge in [0.25, 0.3) is 0 Å². The molecule has 3 heterocycles. The van der Waals surface area contributed by atoms with E-state index >= 15 is 0 Å². The molecule has 2 fully saturated rings. The lowest BCUT2D eigenvalue weighted by atomic mass is 10.1. The van der Waals surface area contributed by atoms with Gasteiger partial charge in [0, 0.05) is 25.2 Å². The third kappa shape index (κ3) is 3.60. The maximum absolute atomic E-state index is 13.1. The van der Waals surface area contributed by atoms with Crippen LogP contribution in [0.3, 0.4) is 0 Å². The summed E-state index contributed by atoms with van der Waals surface area (Å²) in [5, 5.41) is 10.1. The molecular formula is C17H19F3N6O2. The lowest BCUT2D eigenvalue weighted by Crippen LogP contribution is -2.14. The van der Waals surface area contributed by atoms with Crippen molar-refractivity contribution < 1.29 is 22.7 Å². The molecule has 28 heavy (non-hydrogen) atoms. The van der Waals surface area contributed by atoms with Gasteiger partial charge in [-0.25, -0.2) is 9.67 Å². The van der Waals surface area contributed by atoms with Gasteiger partial charge < -0.3 is 15.4 Å². The fraction of sp³-hybridized carbons (Fsp3) is 0.529. The molecule has 1 aliphatic heterocycles. The van der Waals surface area contributed by atoms with Crippen LogP contribution in [-0.4, -0.2) is 38.9 Å². The van der Waals surface area contributed by atoms with E-state index in [0.29, 0.717) is 24.5 Å². The average Bonchev–Trinajstić information content (AvgIpc) is 3.25. The van der Waals surface area contributed by atoms with Crippen molar-refractivity contribution in [3.05, 3.63) is 23.5 Å². The number of aromatic nitrogens is 4. The molecule has 8 nitrogen and oxygen atoms in total. The molecule has 1 unspecified atom stereocenters. The Morgan fingerprint density at radius 3 is 2.71 bits per heavy atom. The number of carbonyl (C=O) groups excluding carboxylic acids is 1. The summed E-state index contributed by atoms with van der Waals surface area (Å²) in [5.41, 5.74) is -0.347. The lowest BCUT2D eigenvalue weighted by molar-refractivity contribution is -0.139. The number of halogens is 3. The average molecular weight is 396 g/mol. The highest BCUT2D eigenvalue weighted by molar-refractivity contribution is 5.79. The molecule has 1 atom stereocenters. The maximum Gasteiger partial charge on any atom is 0.421 e. The Balaban J connectivity index is 1.64. The second-order valence-electron chi connectivity index (χ2n) is 6.75. The first-order chi connectivity index (χ1) is 13.4. The minimum Gasteiger partial charge on any atom is -0.465 e. The van der Waals surface area contributed by atoms with Crippen LogP contribution in [0.1, 0.15) is 49.4 Å². The molecule has 2 N–H and O–H groups in total. The number of ether oxygens (including phenoxy) is 1.